The number of alkyl halides is 6. The fourth-order valence-electron chi connectivity index (χ4n) is 6.39. The van der Waals surface area contributed by atoms with Crippen molar-refractivity contribution in [2.24, 2.45) is 5.73 Å². The molecular weight excluding hydrogens is 709 g/mol. The molecule has 1 amide bonds. The molecule has 0 aliphatic carbocycles. The number of aryl methyl sites for hydroxylation is 2. The number of carboxylic acid groups (broad SMARTS) is 1. The third-order valence-electron chi connectivity index (χ3n) is 9.19. The van der Waals surface area contributed by atoms with E-state index in [1.54, 1.807) is 0 Å². The Morgan fingerprint density at radius 3 is 2.04 bits per heavy atom. The number of carbonyl (C=O) groups is 2. The molecule has 1 saturated heterocycles. The van der Waals surface area contributed by atoms with E-state index in [9.17, 15) is 49.5 Å². The number of hydrogen-bond donors (Lipinski definition) is 2. The van der Waals surface area contributed by atoms with Crippen LogP contribution in [0, 0.1) is 17.5 Å². The first-order valence-corrected chi connectivity index (χ1v) is 16.8. The number of rotatable bonds is 17. The molecule has 52 heavy (non-hydrogen) atoms. The third-order valence-corrected chi connectivity index (χ3v) is 9.19. The standard InChI is InChI=1S/C36H38F9N3O4/c37-25-16-21(32(28(38)18-25)24-15-22(9-10-31(50)51)33(39)27(17-24)36(43,44)45)7-4-2-1-3-5-8-29(34(46)52)48-20-23(11-14-47-12-6-13-47)26(19-30(48)49)35(40,41)42/h15-20,29H,1-14H2,(H2,46,52)(H,50,51). The quantitative estimate of drug-likeness (QED) is 0.108. The molecule has 2 heterocycles. The summed E-state index contributed by atoms with van der Waals surface area (Å²) in [5, 5.41) is 8.96. The topological polar surface area (TPSA) is 106 Å². The summed E-state index contributed by atoms with van der Waals surface area (Å²) in [7, 11) is 0. The van der Waals surface area contributed by atoms with Crippen molar-refractivity contribution in [3.63, 3.8) is 0 Å². The Balaban J connectivity index is 1.42. The van der Waals surface area contributed by atoms with Crippen LogP contribution in [0.25, 0.3) is 11.1 Å². The predicted octanol–water partition coefficient (Wildman–Crippen LogP) is 7.85. The lowest BCUT2D eigenvalue weighted by atomic mass is 9.91. The van der Waals surface area contributed by atoms with E-state index >= 15 is 4.39 Å². The molecule has 284 valence electrons. The Labute approximate surface area is 293 Å². The number of carboxylic acids is 1. The van der Waals surface area contributed by atoms with Crippen LogP contribution in [-0.2, 0) is 41.2 Å². The zero-order valence-corrected chi connectivity index (χ0v) is 28.0. The van der Waals surface area contributed by atoms with Gasteiger partial charge in [0.05, 0.1) is 11.1 Å². The van der Waals surface area contributed by atoms with Crippen LogP contribution in [0.5, 0.6) is 0 Å². The van der Waals surface area contributed by atoms with Gasteiger partial charge in [-0.3, -0.25) is 14.4 Å². The van der Waals surface area contributed by atoms with Gasteiger partial charge in [0.25, 0.3) is 5.56 Å². The highest BCUT2D eigenvalue weighted by Crippen LogP contribution is 2.39. The van der Waals surface area contributed by atoms with Crippen molar-refractivity contribution in [1.82, 2.24) is 9.47 Å². The van der Waals surface area contributed by atoms with Gasteiger partial charge < -0.3 is 20.3 Å². The molecule has 1 unspecified atom stereocenters. The summed E-state index contributed by atoms with van der Waals surface area (Å²) in [5.41, 5.74) is 0.321. The Kier molecular flexibility index (Phi) is 13.2. The van der Waals surface area contributed by atoms with Crippen molar-refractivity contribution in [3.8, 4) is 11.1 Å². The minimum Gasteiger partial charge on any atom is -0.481 e. The Bertz CT molecular complexity index is 1820. The number of halogens is 9. The summed E-state index contributed by atoms with van der Waals surface area (Å²) in [4.78, 5) is 38.1. The highest BCUT2D eigenvalue weighted by molar-refractivity contribution is 5.78. The van der Waals surface area contributed by atoms with Gasteiger partial charge in [0.1, 0.15) is 23.5 Å². The van der Waals surface area contributed by atoms with E-state index in [0.29, 0.717) is 56.8 Å². The molecule has 0 radical (unpaired) electrons. The van der Waals surface area contributed by atoms with E-state index in [2.05, 4.69) is 0 Å². The average molecular weight is 748 g/mol. The van der Waals surface area contributed by atoms with Crippen LogP contribution in [0.2, 0.25) is 0 Å². The first-order valence-electron chi connectivity index (χ1n) is 16.8. The SMILES string of the molecule is NC(=O)C(CCCCCCCc1cc(F)cc(F)c1-c1cc(CCC(=O)O)c(F)c(C(F)(F)F)c1)n1cc(CCN2CCC2)c(C(F)(F)F)cc1=O. The van der Waals surface area contributed by atoms with E-state index in [1.165, 1.54) is 0 Å². The fraction of sp³-hybridized carbons (Fsp3) is 0.472. The lowest BCUT2D eigenvalue weighted by molar-refractivity contribution is -0.140. The molecule has 1 aliphatic rings. The Morgan fingerprint density at radius 2 is 1.44 bits per heavy atom. The average Bonchev–Trinajstić information content (AvgIpc) is 3.00. The maximum absolute atomic E-state index is 15.1. The molecule has 1 aromatic heterocycles. The number of likely N-dealkylation sites (tertiary alicyclic amines) is 1. The number of nitrogens with two attached hydrogens (primary N) is 1. The number of unbranched alkanes of at least 4 members (excludes halogenated alkanes) is 4. The van der Waals surface area contributed by atoms with Gasteiger partial charge in [-0.25, -0.2) is 13.2 Å². The van der Waals surface area contributed by atoms with Gasteiger partial charge in [-0.1, -0.05) is 25.7 Å². The molecule has 1 fully saturated rings. The van der Waals surface area contributed by atoms with E-state index in [0.717, 1.165) is 42.4 Å². The number of carbonyl (C=O) groups excluding carboxylic acids is 1. The molecule has 7 nitrogen and oxygen atoms in total. The van der Waals surface area contributed by atoms with Gasteiger partial charge in [-0.2, -0.15) is 26.3 Å². The minimum atomic E-state index is -5.18. The van der Waals surface area contributed by atoms with E-state index in [1.807, 2.05) is 4.90 Å². The molecular formula is C36H38F9N3O4. The predicted molar refractivity (Wildman–Crippen MR) is 173 cm³/mol. The van der Waals surface area contributed by atoms with Crippen LogP contribution in [0.1, 0.15) is 85.2 Å². The number of benzene rings is 2. The van der Waals surface area contributed by atoms with Crippen LogP contribution in [-0.4, -0.2) is 46.1 Å². The van der Waals surface area contributed by atoms with Gasteiger partial charge in [-0.05, 0) is 92.1 Å². The van der Waals surface area contributed by atoms with Crippen LogP contribution in [0.3, 0.4) is 0 Å². The van der Waals surface area contributed by atoms with Crippen molar-refractivity contribution in [3.05, 3.63) is 92.2 Å². The summed E-state index contributed by atoms with van der Waals surface area (Å²) in [6.07, 6.45) is -7.03. The second-order valence-corrected chi connectivity index (χ2v) is 12.9. The third kappa shape index (κ3) is 10.4. The van der Waals surface area contributed by atoms with Crippen molar-refractivity contribution >= 4 is 11.9 Å². The van der Waals surface area contributed by atoms with Gasteiger partial charge in [-0.15, -0.1) is 0 Å². The monoisotopic (exact) mass is 747 g/mol. The first-order chi connectivity index (χ1) is 24.4. The van der Waals surface area contributed by atoms with Gasteiger partial charge in [0.15, 0.2) is 0 Å². The van der Waals surface area contributed by atoms with Crippen LogP contribution < -0.4 is 11.3 Å². The lowest BCUT2D eigenvalue weighted by Gasteiger charge is -2.31. The second-order valence-electron chi connectivity index (χ2n) is 12.9. The summed E-state index contributed by atoms with van der Waals surface area (Å²) in [6.45, 7) is 1.89. The zero-order chi connectivity index (χ0) is 38.4. The number of aromatic nitrogens is 1. The smallest absolute Gasteiger partial charge is 0.419 e. The largest absolute Gasteiger partial charge is 0.481 e. The zero-order valence-electron chi connectivity index (χ0n) is 28.0. The number of nitrogens with zero attached hydrogens (tertiary/aromatic N) is 2. The van der Waals surface area contributed by atoms with E-state index in [4.69, 9.17) is 10.8 Å². The molecule has 1 atom stereocenters. The maximum Gasteiger partial charge on any atom is 0.419 e. The minimum absolute atomic E-state index is 0.0122. The maximum atomic E-state index is 15.1. The first kappa shape index (κ1) is 40.4. The van der Waals surface area contributed by atoms with E-state index in [-0.39, 0.29) is 41.5 Å². The fourth-order valence-corrected chi connectivity index (χ4v) is 6.39. The number of amides is 1. The number of pyridine rings is 1. The lowest BCUT2D eigenvalue weighted by Crippen LogP contribution is -2.39. The summed E-state index contributed by atoms with van der Waals surface area (Å²) < 4.78 is 127. The Morgan fingerprint density at radius 1 is 0.788 bits per heavy atom. The highest BCUT2D eigenvalue weighted by atomic mass is 19.4. The van der Waals surface area contributed by atoms with Gasteiger partial charge in [0.2, 0.25) is 5.91 Å². The molecule has 0 bridgehead atoms. The normalized spacial score (nSPS) is 14.3. The second kappa shape index (κ2) is 17.0. The molecule has 2 aromatic carbocycles. The van der Waals surface area contributed by atoms with Gasteiger partial charge in [0, 0.05) is 36.9 Å². The van der Waals surface area contributed by atoms with Crippen molar-refractivity contribution in [1.29, 1.82) is 0 Å². The molecule has 0 saturated carbocycles. The van der Waals surface area contributed by atoms with Crippen LogP contribution in [0.15, 0.2) is 41.3 Å². The summed E-state index contributed by atoms with van der Waals surface area (Å²) in [6, 6.07) is 2.07. The molecule has 3 aromatic rings. The summed E-state index contributed by atoms with van der Waals surface area (Å²) in [5.74, 6) is -6.12. The van der Waals surface area contributed by atoms with Crippen molar-refractivity contribution < 1.29 is 54.2 Å². The molecule has 0 spiro atoms. The number of aliphatic carboxylic acids is 1. The highest BCUT2D eigenvalue weighted by Gasteiger charge is 2.37. The van der Waals surface area contributed by atoms with Gasteiger partial charge >= 0.3 is 18.3 Å². The number of primary amides is 1. The molecule has 16 heteroatoms. The molecule has 3 N–H and O–H groups in total. The summed E-state index contributed by atoms with van der Waals surface area (Å²) >= 11 is 0. The van der Waals surface area contributed by atoms with Crippen LogP contribution >= 0.6 is 0 Å². The molecule has 4 rings (SSSR count). The van der Waals surface area contributed by atoms with Crippen molar-refractivity contribution in [2.75, 3.05) is 19.6 Å². The van der Waals surface area contributed by atoms with E-state index < -0.39 is 82.8 Å². The Hall–Kier alpha value is -4.34. The van der Waals surface area contributed by atoms with Crippen LogP contribution in [0.4, 0.5) is 39.5 Å². The van der Waals surface area contributed by atoms with Crippen molar-refractivity contribution in [2.45, 2.75) is 89.0 Å². The molecule has 1 aliphatic heterocycles. The number of hydrogen-bond acceptors (Lipinski definition) is 4.